The molecule has 2 aromatic rings. The van der Waals surface area contributed by atoms with Crippen LogP contribution < -0.4 is 5.32 Å². The number of benzene rings is 1. The molecule has 1 aromatic heterocycles. The number of anilines is 1. The first-order valence-corrected chi connectivity index (χ1v) is 7.26. The fourth-order valence-corrected chi connectivity index (χ4v) is 2.25. The van der Waals surface area contributed by atoms with Crippen LogP contribution >= 0.6 is 34.2 Å². The largest absolute Gasteiger partial charge is 0.319 e. The van der Waals surface area contributed by atoms with Gasteiger partial charge in [-0.2, -0.15) is 5.10 Å². The highest BCUT2D eigenvalue weighted by Crippen LogP contribution is 2.21. The van der Waals surface area contributed by atoms with E-state index in [1.807, 2.05) is 20.0 Å². The molecule has 0 radical (unpaired) electrons. The molecule has 0 aliphatic heterocycles. The minimum Gasteiger partial charge on any atom is -0.319 e. The summed E-state index contributed by atoms with van der Waals surface area (Å²) in [6.07, 6.45) is 2.56. The molecule has 1 amide bonds. The molecule has 0 saturated carbocycles. The highest BCUT2D eigenvalue weighted by Gasteiger charge is 2.12. The molecular weight excluding hydrogens is 377 g/mol. The third kappa shape index (κ3) is 3.27. The van der Waals surface area contributed by atoms with Crippen LogP contribution in [0.5, 0.6) is 0 Å². The Bertz CT molecular complexity index is 624. The van der Waals surface area contributed by atoms with E-state index >= 15 is 0 Å². The van der Waals surface area contributed by atoms with Crippen molar-refractivity contribution in [3.63, 3.8) is 0 Å². The summed E-state index contributed by atoms with van der Waals surface area (Å²) >= 11 is 8.15. The number of hydrogen-bond donors (Lipinski definition) is 1. The van der Waals surface area contributed by atoms with E-state index in [0.717, 1.165) is 21.4 Å². The van der Waals surface area contributed by atoms with Gasteiger partial charge in [-0.1, -0.05) is 18.5 Å². The van der Waals surface area contributed by atoms with E-state index in [-0.39, 0.29) is 5.91 Å². The molecule has 1 heterocycles. The number of amides is 1. The van der Waals surface area contributed by atoms with Gasteiger partial charge in [0.2, 0.25) is 0 Å². The molecule has 6 heteroatoms. The van der Waals surface area contributed by atoms with Gasteiger partial charge in [0, 0.05) is 22.4 Å². The quantitative estimate of drug-likeness (QED) is 0.817. The number of carbonyl (C=O) groups excluding carboxylic acids is 1. The molecule has 19 heavy (non-hydrogen) atoms. The highest BCUT2D eigenvalue weighted by atomic mass is 127. The second-order valence-corrected chi connectivity index (χ2v) is 5.67. The molecule has 1 aromatic carbocycles. The summed E-state index contributed by atoms with van der Waals surface area (Å²) in [6.45, 7) is 2.00. The van der Waals surface area contributed by atoms with E-state index in [1.165, 1.54) is 0 Å². The maximum atomic E-state index is 12.1. The molecule has 0 atom stereocenters. The summed E-state index contributed by atoms with van der Waals surface area (Å²) < 4.78 is 2.61. The van der Waals surface area contributed by atoms with Crippen molar-refractivity contribution in [3.8, 4) is 0 Å². The SMILES string of the molecule is CCc1nn(C)cc1NC(=O)c1ccc(I)c(Cl)c1. The number of carbonyl (C=O) groups is 1. The van der Waals surface area contributed by atoms with Gasteiger partial charge in [-0.15, -0.1) is 0 Å². The fourth-order valence-electron chi connectivity index (χ4n) is 1.73. The minimum absolute atomic E-state index is 0.180. The van der Waals surface area contributed by atoms with Crippen molar-refractivity contribution < 1.29 is 4.79 Å². The molecule has 2 rings (SSSR count). The zero-order chi connectivity index (χ0) is 14.0. The maximum absolute atomic E-state index is 12.1. The number of nitrogens with zero attached hydrogens (tertiary/aromatic N) is 2. The number of aromatic nitrogens is 2. The number of aryl methyl sites for hydroxylation is 2. The Morgan fingerprint density at radius 3 is 2.89 bits per heavy atom. The van der Waals surface area contributed by atoms with Crippen molar-refractivity contribution in [2.24, 2.45) is 7.05 Å². The van der Waals surface area contributed by atoms with Crippen LogP contribution in [0.25, 0.3) is 0 Å². The molecule has 0 saturated heterocycles. The Hall–Kier alpha value is -1.08. The van der Waals surface area contributed by atoms with Crippen LogP contribution in [0, 0.1) is 3.57 Å². The van der Waals surface area contributed by atoms with Gasteiger partial charge in [-0.25, -0.2) is 0 Å². The van der Waals surface area contributed by atoms with Crippen LogP contribution in [0.2, 0.25) is 5.02 Å². The van der Waals surface area contributed by atoms with Crippen molar-refractivity contribution in [2.75, 3.05) is 5.32 Å². The molecule has 100 valence electrons. The molecule has 4 nitrogen and oxygen atoms in total. The summed E-state index contributed by atoms with van der Waals surface area (Å²) in [6, 6.07) is 5.24. The summed E-state index contributed by atoms with van der Waals surface area (Å²) in [5, 5.41) is 7.72. The van der Waals surface area contributed by atoms with Crippen molar-refractivity contribution in [1.82, 2.24) is 9.78 Å². The van der Waals surface area contributed by atoms with E-state index in [1.54, 1.807) is 23.0 Å². The lowest BCUT2D eigenvalue weighted by molar-refractivity contribution is 0.102. The molecule has 0 unspecified atom stereocenters. The van der Waals surface area contributed by atoms with E-state index in [0.29, 0.717) is 10.6 Å². The average Bonchev–Trinajstić information content (AvgIpc) is 2.72. The third-order valence-corrected chi connectivity index (χ3v) is 4.24. The summed E-state index contributed by atoms with van der Waals surface area (Å²) in [5.74, 6) is -0.180. The van der Waals surface area contributed by atoms with Crippen molar-refractivity contribution in [1.29, 1.82) is 0 Å². The highest BCUT2D eigenvalue weighted by molar-refractivity contribution is 14.1. The minimum atomic E-state index is -0.180. The van der Waals surface area contributed by atoms with Crippen LogP contribution in [-0.2, 0) is 13.5 Å². The van der Waals surface area contributed by atoms with Gasteiger partial charge in [0.15, 0.2) is 0 Å². The standard InChI is InChI=1S/C13H13ClIN3O/c1-3-11-12(7-18(2)17-11)16-13(19)8-4-5-10(15)9(14)6-8/h4-7H,3H2,1-2H3,(H,16,19). The molecule has 1 N–H and O–H groups in total. The monoisotopic (exact) mass is 389 g/mol. The Morgan fingerprint density at radius 2 is 2.26 bits per heavy atom. The molecular formula is C13H13ClIN3O. The summed E-state index contributed by atoms with van der Waals surface area (Å²) in [4.78, 5) is 12.1. The first-order chi connectivity index (χ1) is 9.01. The fraction of sp³-hybridized carbons (Fsp3) is 0.231. The predicted molar refractivity (Wildman–Crippen MR) is 84.7 cm³/mol. The molecule has 0 spiro atoms. The first-order valence-electron chi connectivity index (χ1n) is 5.80. The van der Waals surface area contributed by atoms with E-state index in [9.17, 15) is 4.79 Å². The smallest absolute Gasteiger partial charge is 0.255 e. The Labute approximate surface area is 130 Å². The van der Waals surface area contributed by atoms with Crippen LogP contribution in [-0.4, -0.2) is 15.7 Å². The molecule has 0 fully saturated rings. The number of nitrogens with one attached hydrogen (secondary N) is 1. The zero-order valence-electron chi connectivity index (χ0n) is 10.6. The Balaban J connectivity index is 2.22. The van der Waals surface area contributed by atoms with E-state index < -0.39 is 0 Å². The van der Waals surface area contributed by atoms with Crippen LogP contribution in [0.3, 0.4) is 0 Å². The third-order valence-electron chi connectivity index (χ3n) is 2.67. The lowest BCUT2D eigenvalue weighted by Crippen LogP contribution is -2.12. The van der Waals surface area contributed by atoms with E-state index in [2.05, 4.69) is 33.0 Å². The topological polar surface area (TPSA) is 46.9 Å². The zero-order valence-corrected chi connectivity index (χ0v) is 13.5. The maximum Gasteiger partial charge on any atom is 0.255 e. The van der Waals surface area contributed by atoms with Crippen molar-refractivity contribution >= 4 is 45.8 Å². The second kappa shape index (κ2) is 5.92. The van der Waals surface area contributed by atoms with Gasteiger partial charge in [-0.3, -0.25) is 9.48 Å². The van der Waals surface area contributed by atoms with Crippen LogP contribution in [0.4, 0.5) is 5.69 Å². The van der Waals surface area contributed by atoms with Crippen LogP contribution in [0.15, 0.2) is 24.4 Å². The lowest BCUT2D eigenvalue weighted by atomic mass is 10.2. The number of rotatable bonds is 3. The van der Waals surface area contributed by atoms with E-state index in [4.69, 9.17) is 11.6 Å². The van der Waals surface area contributed by atoms with Gasteiger partial charge in [0.1, 0.15) is 0 Å². The molecule has 0 bridgehead atoms. The van der Waals surface area contributed by atoms with Crippen molar-refractivity contribution in [3.05, 3.63) is 44.2 Å². The average molecular weight is 390 g/mol. The first kappa shape index (κ1) is 14.3. The number of halogens is 2. The van der Waals surface area contributed by atoms with Crippen LogP contribution in [0.1, 0.15) is 23.0 Å². The van der Waals surface area contributed by atoms with Gasteiger partial charge in [0.25, 0.3) is 5.91 Å². The van der Waals surface area contributed by atoms with Crippen molar-refractivity contribution in [2.45, 2.75) is 13.3 Å². The molecule has 0 aliphatic carbocycles. The van der Waals surface area contributed by atoms with Gasteiger partial charge < -0.3 is 5.32 Å². The summed E-state index contributed by atoms with van der Waals surface area (Å²) in [5.41, 5.74) is 2.15. The van der Waals surface area contributed by atoms with Gasteiger partial charge in [0.05, 0.1) is 16.4 Å². The summed E-state index contributed by atoms with van der Waals surface area (Å²) in [7, 11) is 1.83. The number of hydrogen-bond acceptors (Lipinski definition) is 2. The van der Waals surface area contributed by atoms with Gasteiger partial charge >= 0.3 is 0 Å². The predicted octanol–water partition coefficient (Wildman–Crippen LogP) is 3.49. The lowest BCUT2D eigenvalue weighted by Gasteiger charge is -2.05. The normalized spacial score (nSPS) is 10.5. The Kier molecular flexibility index (Phi) is 4.46. The van der Waals surface area contributed by atoms with Gasteiger partial charge in [-0.05, 0) is 47.2 Å². The molecule has 0 aliphatic rings. The Morgan fingerprint density at radius 1 is 1.53 bits per heavy atom. The second-order valence-electron chi connectivity index (χ2n) is 4.10.